The first-order valence-corrected chi connectivity index (χ1v) is 9.44. The van der Waals surface area contributed by atoms with Crippen molar-refractivity contribution in [2.75, 3.05) is 13.6 Å². The van der Waals surface area contributed by atoms with E-state index in [1.807, 2.05) is 13.0 Å². The monoisotopic (exact) mass is 362 g/mol. The second-order valence-electron chi connectivity index (χ2n) is 6.09. The van der Waals surface area contributed by atoms with Gasteiger partial charge in [0.05, 0.1) is 16.7 Å². The smallest absolute Gasteiger partial charge is 0.191 e. The fourth-order valence-electron chi connectivity index (χ4n) is 2.57. The third kappa shape index (κ3) is 5.26. The van der Waals surface area contributed by atoms with Crippen molar-refractivity contribution in [2.24, 2.45) is 4.99 Å². The lowest BCUT2D eigenvalue weighted by molar-refractivity contribution is 0.607. The number of hydrogen-bond acceptors (Lipinski definition) is 3. The minimum atomic E-state index is -0.181. The van der Waals surface area contributed by atoms with Crippen LogP contribution in [0.1, 0.15) is 46.6 Å². The maximum Gasteiger partial charge on any atom is 0.191 e. The van der Waals surface area contributed by atoms with E-state index >= 15 is 0 Å². The molecule has 0 aliphatic heterocycles. The Labute approximate surface area is 153 Å². The lowest BCUT2D eigenvalue weighted by Gasteiger charge is -2.18. The summed E-state index contributed by atoms with van der Waals surface area (Å²) in [6.45, 7) is 8.77. The summed E-state index contributed by atoms with van der Waals surface area (Å²) in [5.41, 5.74) is 2.75. The van der Waals surface area contributed by atoms with Crippen LogP contribution in [0.2, 0.25) is 0 Å². The molecule has 0 aliphatic carbocycles. The second kappa shape index (κ2) is 8.94. The van der Waals surface area contributed by atoms with Crippen LogP contribution in [-0.2, 0) is 12.8 Å². The van der Waals surface area contributed by atoms with Crippen molar-refractivity contribution in [1.29, 1.82) is 0 Å². The van der Waals surface area contributed by atoms with Crippen LogP contribution in [0.3, 0.4) is 0 Å². The van der Waals surface area contributed by atoms with E-state index < -0.39 is 0 Å². The van der Waals surface area contributed by atoms with E-state index in [1.54, 1.807) is 37.4 Å². The van der Waals surface area contributed by atoms with Crippen LogP contribution in [0.4, 0.5) is 4.39 Å². The fourth-order valence-corrected chi connectivity index (χ4v) is 3.59. The van der Waals surface area contributed by atoms with Crippen molar-refractivity contribution in [3.8, 4) is 0 Å². The van der Waals surface area contributed by atoms with Crippen LogP contribution < -0.4 is 10.6 Å². The molecule has 25 heavy (non-hydrogen) atoms. The minimum absolute atomic E-state index is 0.0323. The summed E-state index contributed by atoms with van der Waals surface area (Å²) in [4.78, 5) is 10.2. The molecule has 2 N–H and O–H groups in total. The van der Waals surface area contributed by atoms with Gasteiger partial charge in [0.1, 0.15) is 5.82 Å². The van der Waals surface area contributed by atoms with Crippen molar-refractivity contribution in [2.45, 2.75) is 46.6 Å². The van der Waals surface area contributed by atoms with Crippen LogP contribution in [-0.4, -0.2) is 24.5 Å². The Hall–Kier alpha value is -1.95. The second-order valence-corrected chi connectivity index (χ2v) is 7.38. The van der Waals surface area contributed by atoms with Crippen LogP contribution in [0, 0.1) is 19.7 Å². The quantitative estimate of drug-likeness (QED) is 0.605. The average Bonchev–Trinajstić information content (AvgIpc) is 2.96. The third-order valence-electron chi connectivity index (χ3n) is 4.18. The van der Waals surface area contributed by atoms with E-state index in [0.29, 0.717) is 11.5 Å². The standard InChI is InChI=1S/C19H27FN4S/c1-6-17-14(4)25-18(24-17)9-10-22-19(21-5)23-13(3)15-8-7-12(2)16(20)11-15/h7-8,11,13H,6,9-10H2,1-5H3,(H2,21,22,23). The highest BCUT2D eigenvalue weighted by Gasteiger charge is 2.10. The highest BCUT2D eigenvalue weighted by molar-refractivity contribution is 7.11. The molecular weight excluding hydrogens is 335 g/mol. The number of aliphatic imine (C=N–C) groups is 1. The van der Waals surface area contributed by atoms with Gasteiger partial charge in [-0.05, 0) is 44.4 Å². The normalized spacial score (nSPS) is 13.0. The molecule has 0 fully saturated rings. The van der Waals surface area contributed by atoms with Crippen LogP contribution in [0.15, 0.2) is 23.2 Å². The summed E-state index contributed by atoms with van der Waals surface area (Å²) in [5.74, 6) is 0.525. The molecule has 0 bridgehead atoms. The van der Waals surface area contributed by atoms with Gasteiger partial charge in [0, 0.05) is 24.9 Å². The molecule has 0 radical (unpaired) electrons. The van der Waals surface area contributed by atoms with Gasteiger partial charge in [-0.15, -0.1) is 11.3 Å². The van der Waals surface area contributed by atoms with E-state index in [4.69, 9.17) is 0 Å². The Morgan fingerprint density at radius 2 is 2.12 bits per heavy atom. The van der Waals surface area contributed by atoms with Crippen molar-refractivity contribution in [3.63, 3.8) is 0 Å². The number of nitrogens with zero attached hydrogens (tertiary/aromatic N) is 2. The molecule has 6 heteroatoms. The summed E-state index contributed by atoms with van der Waals surface area (Å²) >= 11 is 1.76. The van der Waals surface area contributed by atoms with Crippen LogP contribution >= 0.6 is 11.3 Å². The Kier molecular flexibility index (Phi) is 6.93. The predicted molar refractivity (Wildman–Crippen MR) is 104 cm³/mol. The Balaban J connectivity index is 1.88. The van der Waals surface area contributed by atoms with Gasteiger partial charge in [-0.1, -0.05) is 19.1 Å². The number of rotatable bonds is 6. The summed E-state index contributed by atoms with van der Waals surface area (Å²) in [5, 5.41) is 7.75. The molecule has 0 amide bonds. The molecule has 2 aromatic rings. The molecule has 1 unspecified atom stereocenters. The highest BCUT2D eigenvalue weighted by atomic mass is 32.1. The number of thiazole rings is 1. The molecule has 4 nitrogen and oxygen atoms in total. The number of aryl methyl sites for hydroxylation is 3. The number of aromatic nitrogens is 1. The molecule has 0 saturated carbocycles. The van der Waals surface area contributed by atoms with Crippen LogP contribution in [0.25, 0.3) is 0 Å². The van der Waals surface area contributed by atoms with Gasteiger partial charge in [-0.3, -0.25) is 4.99 Å². The first-order chi connectivity index (χ1) is 11.9. The molecule has 1 atom stereocenters. The molecule has 0 saturated heterocycles. The maximum absolute atomic E-state index is 13.7. The molecule has 2 rings (SSSR count). The molecule has 0 spiro atoms. The third-order valence-corrected chi connectivity index (χ3v) is 5.25. The largest absolute Gasteiger partial charge is 0.356 e. The van der Waals surface area contributed by atoms with Crippen molar-refractivity contribution < 1.29 is 4.39 Å². The lowest BCUT2D eigenvalue weighted by Crippen LogP contribution is -2.39. The summed E-state index contributed by atoms with van der Waals surface area (Å²) in [6.07, 6.45) is 1.84. The summed E-state index contributed by atoms with van der Waals surface area (Å²) < 4.78 is 13.7. The molecule has 136 valence electrons. The van der Waals surface area contributed by atoms with Gasteiger partial charge in [-0.2, -0.15) is 0 Å². The molecular formula is C19H27FN4S. The van der Waals surface area contributed by atoms with E-state index in [1.165, 1.54) is 10.6 Å². The highest BCUT2D eigenvalue weighted by Crippen LogP contribution is 2.18. The van der Waals surface area contributed by atoms with Crippen molar-refractivity contribution >= 4 is 17.3 Å². The van der Waals surface area contributed by atoms with Gasteiger partial charge in [0.2, 0.25) is 0 Å². The number of hydrogen-bond donors (Lipinski definition) is 2. The zero-order valence-electron chi connectivity index (χ0n) is 15.6. The number of halogens is 1. The predicted octanol–water partition coefficient (Wildman–Crippen LogP) is 3.93. The van der Waals surface area contributed by atoms with Gasteiger partial charge >= 0.3 is 0 Å². The van der Waals surface area contributed by atoms with Gasteiger partial charge in [-0.25, -0.2) is 9.37 Å². The van der Waals surface area contributed by atoms with Crippen molar-refractivity contribution in [1.82, 2.24) is 15.6 Å². The number of guanidine groups is 1. The summed E-state index contributed by atoms with van der Waals surface area (Å²) in [6, 6.07) is 5.28. The Morgan fingerprint density at radius 3 is 2.72 bits per heavy atom. The molecule has 1 heterocycles. The summed E-state index contributed by atoms with van der Waals surface area (Å²) in [7, 11) is 1.74. The number of benzene rings is 1. The fraction of sp³-hybridized carbons (Fsp3) is 0.474. The topological polar surface area (TPSA) is 49.3 Å². The number of nitrogens with one attached hydrogen (secondary N) is 2. The molecule has 1 aromatic carbocycles. The average molecular weight is 363 g/mol. The zero-order chi connectivity index (χ0) is 18.4. The molecule has 1 aromatic heterocycles. The van der Waals surface area contributed by atoms with Crippen LogP contribution in [0.5, 0.6) is 0 Å². The van der Waals surface area contributed by atoms with Gasteiger partial charge < -0.3 is 10.6 Å². The zero-order valence-corrected chi connectivity index (χ0v) is 16.4. The van der Waals surface area contributed by atoms with E-state index in [9.17, 15) is 4.39 Å². The SMILES string of the molecule is CCc1nc(CCNC(=NC)NC(C)c2ccc(C)c(F)c2)sc1C. The Morgan fingerprint density at radius 1 is 1.36 bits per heavy atom. The molecule has 0 aliphatic rings. The van der Waals surface area contributed by atoms with Gasteiger partial charge in [0.15, 0.2) is 5.96 Å². The Bertz CT molecular complexity index is 739. The van der Waals surface area contributed by atoms with E-state index in [0.717, 1.165) is 30.0 Å². The lowest BCUT2D eigenvalue weighted by atomic mass is 10.1. The van der Waals surface area contributed by atoms with E-state index in [-0.39, 0.29) is 11.9 Å². The first kappa shape index (κ1) is 19.4. The van der Waals surface area contributed by atoms with Gasteiger partial charge in [0.25, 0.3) is 0 Å². The minimum Gasteiger partial charge on any atom is -0.356 e. The maximum atomic E-state index is 13.7. The first-order valence-electron chi connectivity index (χ1n) is 8.63. The van der Waals surface area contributed by atoms with E-state index in [2.05, 4.69) is 34.5 Å². The van der Waals surface area contributed by atoms with Crippen molar-refractivity contribution in [3.05, 3.63) is 50.7 Å².